The molecule has 0 aliphatic carbocycles. The molecule has 0 aromatic heterocycles. The van der Waals surface area contributed by atoms with E-state index in [1.807, 2.05) is 20.8 Å². The van der Waals surface area contributed by atoms with Crippen LogP contribution in [0.15, 0.2) is 0 Å². The average molecular weight is 334 g/mol. The Balaban J connectivity index is 4.20. The summed E-state index contributed by atoms with van der Waals surface area (Å²) in [5.41, 5.74) is -0.526. The molecule has 0 spiro atoms. The van der Waals surface area contributed by atoms with E-state index in [4.69, 9.17) is 9.16 Å². The van der Waals surface area contributed by atoms with Gasteiger partial charge in [-0.3, -0.25) is 0 Å². The van der Waals surface area contributed by atoms with Crippen molar-refractivity contribution in [1.82, 2.24) is 4.90 Å². The van der Waals surface area contributed by atoms with Gasteiger partial charge in [0.15, 0.2) is 8.32 Å². The molecular weight excluding hydrogens is 298 g/mol. The second-order valence-electron chi connectivity index (χ2n) is 8.41. The predicted octanol–water partition coefficient (Wildman–Crippen LogP) is 3.63. The van der Waals surface area contributed by atoms with Crippen LogP contribution >= 0.6 is 0 Å². The van der Waals surface area contributed by atoms with Crippen LogP contribution in [0, 0.1) is 0 Å². The number of rotatable bonds is 6. The maximum absolute atomic E-state index is 11.8. The van der Waals surface area contributed by atoms with E-state index in [0.717, 1.165) is 0 Å². The molecule has 1 amide bonds. The average Bonchev–Trinajstić information content (AvgIpc) is 2.24. The van der Waals surface area contributed by atoms with E-state index in [9.17, 15) is 9.90 Å². The molecule has 0 bridgehead atoms. The van der Waals surface area contributed by atoms with Gasteiger partial charge in [0.05, 0.1) is 6.10 Å². The minimum Gasteiger partial charge on any atom is -0.444 e. The van der Waals surface area contributed by atoms with E-state index in [1.165, 1.54) is 4.90 Å². The zero-order valence-electron chi connectivity index (χ0n) is 15.8. The Labute approximate surface area is 137 Å². The fourth-order valence-corrected chi connectivity index (χ4v) is 2.55. The molecule has 0 fully saturated rings. The number of likely N-dealkylation sites (N-methyl/N-ethyl adjacent to an activating group) is 1. The number of nitrogens with zero attached hydrogens (tertiary/aromatic N) is 1. The second-order valence-corrected chi connectivity index (χ2v) is 13.2. The molecule has 0 aromatic carbocycles. The Morgan fingerprint density at radius 2 is 1.68 bits per heavy atom. The summed E-state index contributed by atoms with van der Waals surface area (Å²) < 4.78 is 11.3. The number of amides is 1. The van der Waals surface area contributed by atoms with Crippen molar-refractivity contribution in [3.05, 3.63) is 0 Å². The summed E-state index contributed by atoms with van der Waals surface area (Å²) in [6.45, 7) is 17.2. The van der Waals surface area contributed by atoms with Crippen molar-refractivity contribution in [2.45, 2.75) is 77.8 Å². The van der Waals surface area contributed by atoms with Gasteiger partial charge in [-0.2, -0.15) is 0 Å². The molecular formula is C16H35NO4Si. The van der Waals surface area contributed by atoms with Gasteiger partial charge in [-0.15, -0.1) is 0 Å². The van der Waals surface area contributed by atoms with Crippen LogP contribution < -0.4 is 0 Å². The Hall–Kier alpha value is -0.593. The second kappa shape index (κ2) is 7.79. The molecule has 1 atom stereocenters. The van der Waals surface area contributed by atoms with Crippen LogP contribution in [-0.4, -0.2) is 56.3 Å². The summed E-state index contributed by atoms with van der Waals surface area (Å²) in [5.74, 6) is 0. The molecule has 0 aromatic rings. The van der Waals surface area contributed by atoms with Crippen molar-refractivity contribution in [2.75, 3.05) is 20.2 Å². The van der Waals surface area contributed by atoms with E-state index in [-0.39, 0.29) is 11.6 Å². The molecule has 0 aliphatic heterocycles. The fraction of sp³-hybridized carbons (Fsp3) is 0.938. The van der Waals surface area contributed by atoms with Crippen LogP contribution in [0.2, 0.25) is 18.1 Å². The summed E-state index contributed by atoms with van der Waals surface area (Å²) in [7, 11) is -0.151. The highest BCUT2D eigenvalue weighted by Gasteiger charge is 2.37. The lowest BCUT2D eigenvalue weighted by Crippen LogP contribution is -2.42. The first-order valence-corrected chi connectivity index (χ1v) is 10.8. The van der Waals surface area contributed by atoms with Crippen LogP contribution in [0.5, 0.6) is 0 Å². The lowest BCUT2D eigenvalue weighted by molar-refractivity contribution is 0.0184. The number of ether oxygens (including phenoxy) is 1. The molecule has 0 saturated carbocycles. The molecule has 132 valence electrons. The lowest BCUT2D eigenvalue weighted by Gasteiger charge is -2.36. The predicted molar refractivity (Wildman–Crippen MR) is 92.6 cm³/mol. The zero-order valence-corrected chi connectivity index (χ0v) is 16.8. The first kappa shape index (κ1) is 21.4. The number of aliphatic hydroxyl groups is 1. The fourth-order valence-electron chi connectivity index (χ4n) is 1.49. The Morgan fingerprint density at radius 3 is 2.09 bits per heavy atom. The highest BCUT2D eigenvalue weighted by Crippen LogP contribution is 2.36. The Kier molecular flexibility index (Phi) is 7.58. The molecule has 1 N–H and O–H groups in total. The zero-order chi connectivity index (χ0) is 17.8. The van der Waals surface area contributed by atoms with Crippen molar-refractivity contribution in [2.24, 2.45) is 0 Å². The van der Waals surface area contributed by atoms with Crippen molar-refractivity contribution in [3.63, 3.8) is 0 Å². The van der Waals surface area contributed by atoms with Crippen LogP contribution in [0.3, 0.4) is 0 Å². The maximum Gasteiger partial charge on any atom is 0.410 e. The first-order valence-electron chi connectivity index (χ1n) is 7.92. The minimum atomic E-state index is -1.78. The summed E-state index contributed by atoms with van der Waals surface area (Å²) in [5, 5.41) is 10.2. The molecule has 0 saturated heterocycles. The number of hydrogen-bond acceptors (Lipinski definition) is 4. The number of hydrogen-bond donors (Lipinski definition) is 1. The third-order valence-electron chi connectivity index (χ3n) is 3.91. The summed E-state index contributed by atoms with van der Waals surface area (Å²) in [6.07, 6.45) is -0.515. The SMILES string of the molecule is CN(CC(O)CCO[Si](C)(C)C(C)(C)C)C(=O)OC(C)(C)C. The van der Waals surface area contributed by atoms with Gasteiger partial charge in [-0.05, 0) is 45.3 Å². The van der Waals surface area contributed by atoms with Gasteiger partial charge in [-0.25, -0.2) is 4.79 Å². The van der Waals surface area contributed by atoms with Gasteiger partial charge in [0, 0.05) is 20.2 Å². The van der Waals surface area contributed by atoms with Crippen molar-refractivity contribution < 1.29 is 19.1 Å². The van der Waals surface area contributed by atoms with Crippen molar-refractivity contribution in [1.29, 1.82) is 0 Å². The molecule has 0 aliphatic rings. The van der Waals surface area contributed by atoms with E-state index in [1.54, 1.807) is 7.05 Å². The summed E-state index contributed by atoms with van der Waals surface area (Å²) in [4.78, 5) is 13.2. The van der Waals surface area contributed by atoms with Gasteiger partial charge in [0.2, 0.25) is 0 Å². The van der Waals surface area contributed by atoms with E-state index in [0.29, 0.717) is 13.0 Å². The first-order chi connectivity index (χ1) is 9.66. The molecule has 0 radical (unpaired) electrons. The molecule has 0 heterocycles. The maximum atomic E-state index is 11.8. The third-order valence-corrected chi connectivity index (χ3v) is 8.45. The highest BCUT2D eigenvalue weighted by atomic mass is 28.4. The normalized spacial score (nSPS) is 14.6. The smallest absolute Gasteiger partial charge is 0.410 e. The van der Waals surface area contributed by atoms with Crippen LogP contribution in [0.25, 0.3) is 0 Å². The van der Waals surface area contributed by atoms with E-state index < -0.39 is 26.1 Å². The van der Waals surface area contributed by atoms with E-state index in [2.05, 4.69) is 33.9 Å². The molecule has 22 heavy (non-hydrogen) atoms. The van der Waals surface area contributed by atoms with Crippen LogP contribution in [0.4, 0.5) is 4.79 Å². The van der Waals surface area contributed by atoms with E-state index >= 15 is 0 Å². The highest BCUT2D eigenvalue weighted by molar-refractivity contribution is 6.74. The Morgan fingerprint density at radius 1 is 1.18 bits per heavy atom. The Bertz CT molecular complexity index is 358. The molecule has 5 nitrogen and oxygen atoms in total. The summed E-state index contributed by atoms with van der Waals surface area (Å²) in [6, 6.07) is 0. The molecule has 1 unspecified atom stereocenters. The lowest BCUT2D eigenvalue weighted by atomic mass is 10.2. The van der Waals surface area contributed by atoms with Gasteiger partial charge >= 0.3 is 6.09 Å². The standard InChI is InChI=1S/C16H35NO4Si/c1-15(2,3)21-14(19)17(7)12-13(18)10-11-20-22(8,9)16(4,5)6/h13,18H,10-12H2,1-9H3. The van der Waals surface area contributed by atoms with Gasteiger partial charge in [0.25, 0.3) is 0 Å². The number of aliphatic hydroxyl groups excluding tert-OH is 1. The molecule has 6 heteroatoms. The molecule has 0 rings (SSSR count). The monoisotopic (exact) mass is 333 g/mol. The topological polar surface area (TPSA) is 59.0 Å². The van der Waals surface area contributed by atoms with Gasteiger partial charge in [-0.1, -0.05) is 20.8 Å². The largest absolute Gasteiger partial charge is 0.444 e. The van der Waals surface area contributed by atoms with Crippen LogP contribution in [-0.2, 0) is 9.16 Å². The third kappa shape index (κ3) is 8.15. The quantitative estimate of drug-likeness (QED) is 0.754. The number of carbonyl (C=O) groups excluding carboxylic acids is 1. The van der Waals surface area contributed by atoms with Crippen molar-refractivity contribution in [3.8, 4) is 0 Å². The number of carbonyl (C=O) groups is 1. The van der Waals surface area contributed by atoms with Crippen LogP contribution in [0.1, 0.15) is 48.0 Å². The van der Waals surface area contributed by atoms with Crippen molar-refractivity contribution >= 4 is 14.4 Å². The summed E-state index contributed by atoms with van der Waals surface area (Å²) >= 11 is 0. The van der Waals surface area contributed by atoms with Gasteiger partial charge in [0.1, 0.15) is 5.60 Å². The van der Waals surface area contributed by atoms with Gasteiger partial charge < -0.3 is 19.2 Å². The minimum absolute atomic E-state index is 0.158.